The second kappa shape index (κ2) is 18.7. The van der Waals surface area contributed by atoms with E-state index in [4.69, 9.17) is 30.5 Å². The van der Waals surface area contributed by atoms with Crippen LogP contribution < -0.4 is 25.5 Å². The largest absolute Gasteiger partial charge is 0.514 e. The van der Waals surface area contributed by atoms with Gasteiger partial charge in [-0.25, -0.2) is 9.59 Å². The van der Waals surface area contributed by atoms with Crippen molar-refractivity contribution in [3.8, 4) is 22.6 Å². The van der Waals surface area contributed by atoms with E-state index in [-0.39, 0.29) is 41.4 Å². The molecule has 2 unspecified atom stereocenters. The van der Waals surface area contributed by atoms with Gasteiger partial charge in [-0.05, 0) is 90.3 Å². The minimum atomic E-state index is -1.15. The highest BCUT2D eigenvalue weighted by Crippen LogP contribution is 2.40. The molecule has 17 heteroatoms. The van der Waals surface area contributed by atoms with Gasteiger partial charge in [-0.3, -0.25) is 34.4 Å². The minimum Gasteiger partial charge on any atom is -0.428 e. The van der Waals surface area contributed by atoms with Gasteiger partial charge in [-0.2, -0.15) is 0 Å². The van der Waals surface area contributed by atoms with Crippen LogP contribution in [0.2, 0.25) is 0 Å². The molecule has 2 aromatic carbocycles. The predicted molar refractivity (Wildman–Crippen MR) is 189 cm³/mol. The van der Waals surface area contributed by atoms with Gasteiger partial charge in [0.1, 0.15) is 34.6 Å². The van der Waals surface area contributed by atoms with Gasteiger partial charge in [0.25, 0.3) is 5.91 Å². The van der Waals surface area contributed by atoms with Crippen molar-refractivity contribution >= 4 is 54.5 Å². The van der Waals surface area contributed by atoms with Crippen molar-refractivity contribution in [1.82, 2.24) is 26.0 Å². The maximum Gasteiger partial charge on any atom is 0.514 e. The predicted octanol–water partition coefficient (Wildman–Crippen LogP) is 3.63. The number of ether oxygens (including phenoxy) is 4. The second-order valence-corrected chi connectivity index (χ2v) is 13.9. The molecular formula is C35H46ClN5O11. The van der Waals surface area contributed by atoms with Crippen LogP contribution in [0.25, 0.3) is 11.1 Å². The van der Waals surface area contributed by atoms with E-state index in [0.29, 0.717) is 30.4 Å². The summed E-state index contributed by atoms with van der Waals surface area (Å²) in [6.45, 7) is 11.7. The Kier molecular flexibility index (Phi) is 15.4. The number of carbonyl (C=O) groups excluding carboxylic acids is 7. The minimum absolute atomic E-state index is 0.0468. The number of hydrogen-bond donors (Lipinski definition) is 3. The highest BCUT2D eigenvalue weighted by Gasteiger charge is 2.29. The number of fused-ring (bicyclic) bond motifs is 5. The molecule has 1 aliphatic rings. The zero-order valence-corrected chi connectivity index (χ0v) is 31.4. The summed E-state index contributed by atoms with van der Waals surface area (Å²) >= 11 is 5.14. The van der Waals surface area contributed by atoms with Gasteiger partial charge in [-0.15, -0.1) is 11.6 Å². The number of nitrogens with zero attached hydrogens (tertiary/aromatic N) is 2. The summed E-state index contributed by atoms with van der Waals surface area (Å²) in [4.78, 5) is 84.4. The van der Waals surface area contributed by atoms with E-state index in [2.05, 4.69) is 16.1 Å². The monoisotopic (exact) mass is 747 g/mol. The SMILES string of the molecule is CC1Cc2ccc(OC(=O)OC(C)(C)C)c(c2)-c2cc(ccc2OC(=O)OC(C)(C)C)C(N(C)C=O)C(=O)NCC(=O)N1.CN(NC=O)C(=O)CCl. The van der Waals surface area contributed by atoms with Crippen LogP contribution in [0.5, 0.6) is 11.5 Å². The Labute approximate surface area is 307 Å². The fourth-order valence-corrected chi connectivity index (χ4v) is 4.79. The molecule has 0 saturated heterocycles. The molecule has 3 rings (SSSR count). The van der Waals surface area contributed by atoms with Crippen molar-refractivity contribution in [3.63, 3.8) is 0 Å². The number of hydrazine groups is 1. The first-order valence-electron chi connectivity index (χ1n) is 16.0. The van der Waals surface area contributed by atoms with Crippen molar-refractivity contribution in [2.24, 2.45) is 0 Å². The number of likely N-dealkylation sites (N-methyl/N-ethyl adjacent to an activating group) is 1. The Bertz CT molecular complexity index is 1640. The first kappa shape index (κ1) is 42.8. The Hall–Kier alpha value is -5.38. The molecule has 0 radical (unpaired) electrons. The fourth-order valence-electron chi connectivity index (χ4n) is 4.61. The zero-order valence-electron chi connectivity index (χ0n) is 30.7. The molecule has 2 aromatic rings. The molecule has 52 heavy (non-hydrogen) atoms. The van der Waals surface area contributed by atoms with Crippen LogP contribution in [0.4, 0.5) is 9.59 Å². The van der Waals surface area contributed by atoms with Gasteiger partial charge in [0.15, 0.2) is 0 Å². The highest BCUT2D eigenvalue weighted by molar-refractivity contribution is 6.27. The molecule has 0 fully saturated rings. The number of halogens is 1. The van der Waals surface area contributed by atoms with Gasteiger partial charge in [-0.1, -0.05) is 12.1 Å². The third-order valence-corrected chi connectivity index (χ3v) is 6.98. The average molecular weight is 748 g/mol. The van der Waals surface area contributed by atoms with Crippen LogP contribution in [0, 0.1) is 0 Å². The van der Waals surface area contributed by atoms with E-state index < -0.39 is 41.4 Å². The molecule has 0 spiro atoms. The van der Waals surface area contributed by atoms with Crippen molar-refractivity contribution in [2.45, 2.75) is 78.2 Å². The quantitative estimate of drug-likeness (QED) is 0.123. The molecule has 0 aromatic heterocycles. The van der Waals surface area contributed by atoms with Crippen molar-refractivity contribution in [2.75, 3.05) is 26.5 Å². The molecule has 284 valence electrons. The van der Waals surface area contributed by atoms with E-state index in [0.717, 1.165) is 15.5 Å². The fraction of sp³-hybridized carbons (Fsp3) is 0.457. The first-order chi connectivity index (χ1) is 24.2. The smallest absolute Gasteiger partial charge is 0.428 e. The number of rotatable bonds is 7. The van der Waals surface area contributed by atoms with Gasteiger partial charge in [0.2, 0.25) is 24.6 Å². The number of carbonyl (C=O) groups is 7. The molecule has 4 bridgehead atoms. The lowest BCUT2D eigenvalue weighted by Crippen LogP contribution is -2.45. The summed E-state index contributed by atoms with van der Waals surface area (Å²) in [6, 6.07) is 8.07. The van der Waals surface area contributed by atoms with Crippen LogP contribution in [0.15, 0.2) is 36.4 Å². The van der Waals surface area contributed by atoms with Crippen molar-refractivity contribution < 1.29 is 52.5 Å². The average Bonchev–Trinajstić information content (AvgIpc) is 3.03. The number of hydrogen-bond acceptors (Lipinski definition) is 11. The molecule has 5 amide bonds. The van der Waals surface area contributed by atoms with E-state index in [9.17, 15) is 33.6 Å². The standard InChI is InChI=1S/C31H39N3O9.C4H7ClN2O2/c1-18-13-19-9-11-23(40-28(38)42-30(2,3)4)21(14-19)22-15-20(10-12-24(22)41-29(39)43-31(5,6)7)26(34(8)17-35)27(37)32-16-25(36)33-18;1-7(6-3-8)4(9)2-5/h9-12,14-15,17-18,26H,13,16H2,1-8H3,(H,32,37)(H,33,36);3H,2H2,1H3,(H,6,8). The van der Waals surface area contributed by atoms with Crippen molar-refractivity contribution in [3.05, 3.63) is 47.5 Å². The van der Waals surface area contributed by atoms with E-state index in [1.807, 2.05) is 0 Å². The Morgan fingerprint density at radius 1 is 0.904 bits per heavy atom. The Morgan fingerprint density at radius 2 is 1.44 bits per heavy atom. The van der Waals surface area contributed by atoms with E-state index in [1.165, 1.54) is 26.2 Å². The Morgan fingerprint density at radius 3 is 1.94 bits per heavy atom. The molecule has 1 aliphatic heterocycles. The normalized spacial score (nSPS) is 15.8. The lowest BCUT2D eigenvalue weighted by atomic mass is 9.94. The van der Waals surface area contributed by atoms with Crippen LogP contribution in [-0.2, 0) is 39.9 Å². The summed E-state index contributed by atoms with van der Waals surface area (Å²) in [5.41, 5.74) is 2.13. The lowest BCUT2D eigenvalue weighted by molar-refractivity contribution is -0.133. The van der Waals surface area contributed by atoms with Gasteiger partial charge in [0, 0.05) is 31.3 Å². The van der Waals surface area contributed by atoms with E-state index >= 15 is 0 Å². The van der Waals surface area contributed by atoms with Crippen LogP contribution >= 0.6 is 11.6 Å². The number of benzene rings is 2. The molecule has 0 saturated carbocycles. The Balaban J connectivity index is 0.000000916. The van der Waals surface area contributed by atoms with Crippen LogP contribution in [0.3, 0.4) is 0 Å². The number of amides is 5. The van der Waals surface area contributed by atoms with Gasteiger partial charge < -0.3 is 34.5 Å². The third kappa shape index (κ3) is 13.7. The maximum absolute atomic E-state index is 13.3. The highest BCUT2D eigenvalue weighted by atomic mass is 35.5. The molecular weight excluding hydrogens is 702 g/mol. The van der Waals surface area contributed by atoms with Crippen LogP contribution in [-0.4, -0.2) is 96.5 Å². The second-order valence-electron chi connectivity index (χ2n) is 13.6. The zero-order chi connectivity index (χ0) is 39.4. The number of alkyl halides is 1. The summed E-state index contributed by atoms with van der Waals surface area (Å²) < 4.78 is 21.9. The summed E-state index contributed by atoms with van der Waals surface area (Å²) in [7, 11) is 2.84. The summed E-state index contributed by atoms with van der Waals surface area (Å²) in [6.07, 6.45) is -0.655. The van der Waals surface area contributed by atoms with Crippen LogP contribution in [0.1, 0.15) is 65.6 Å². The van der Waals surface area contributed by atoms with Gasteiger partial charge in [0.05, 0.1) is 6.54 Å². The lowest BCUT2D eigenvalue weighted by Gasteiger charge is -2.26. The first-order valence-corrected chi connectivity index (χ1v) is 16.6. The molecule has 2 atom stereocenters. The van der Waals surface area contributed by atoms with Gasteiger partial charge >= 0.3 is 12.3 Å². The van der Waals surface area contributed by atoms with E-state index in [1.54, 1.807) is 72.7 Å². The summed E-state index contributed by atoms with van der Waals surface area (Å²) in [5.74, 6) is -1.36. The summed E-state index contributed by atoms with van der Waals surface area (Å²) in [5, 5.41) is 6.42. The molecule has 3 N–H and O–H groups in total. The topological polar surface area (TPSA) is 199 Å². The molecule has 16 nitrogen and oxygen atoms in total. The number of nitrogens with one attached hydrogen (secondary N) is 3. The molecule has 1 heterocycles. The molecule has 0 aliphatic carbocycles. The third-order valence-electron chi connectivity index (χ3n) is 6.75. The van der Waals surface area contributed by atoms with Crippen molar-refractivity contribution in [1.29, 1.82) is 0 Å². The maximum atomic E-state index is 13.3.